The number of furan rings is 1. The van der Waals surface area contributed by atoms with Crippen LogP contribution >= 0.6 is 0 Å². The number of nitrogens with one attached hydrogen (secondary N) is 2. The normalized spacial score (nSPS) is 17.1. The molecule has 1 aliphatic carbocycles. The summed E-state index contributed by atoms with van der Waals surface area (Å²) in [5.74, 6) is 2.74. The number of guanidine groups is 1. The van der Waals surface area contributed by atoms with Crippen molar-refractivity contribution in [3.63, 3.8) is 0 Å². The van der Waals surface area contributed by atoms with E-state index < -0.39 is 0 Å². The average molecular weight is 277 g/mol. The van der Waals surface area contributed by atoms with E-state index in [0.717, 1.165) is 24.2 Å². The predicted molar refractivity (Wildman–Crippen MR) is 82.7 cm³/mol. The second-order valence-corrected chi connectivity index (χ2v) is 5.58. The van der Waals surface area contributed by atoms with Gasteiger partial charge in [-0.2, -0.15) is 0 Å². The van der Waals surface area contributed by atoms with Gasteiger partial charge in [0, 0.05) is 13.6 Å². The van der Waals surface area contributed by atoms with Gasteiger partial charge in [0.1, 0.15) is 5.76 Å². The quantitative estimate of drug-likeness (QED) is 0.476. The van der Waals surface area contributed by atoms with Crippen LogP contribution in [0.1, 0.15) is 50.7 Å². The highest BCUT2D eigenvalue weighted by Crippen LogP contribution is 2.26. The van der Waals surface area contributed by atoms with Crippen LogP contribution in [0.15, 0.2) is 27.8 Å². The van der Waals surface area contributed by atoms with E-state index in [2.05, 4.69) is 15.6 Å². The zero-order chi connectivity index (χ0) is 14.0. The number of hydrogen-bond donors (Lipinski definition) is 2. The summed E-state index contributed by atoms with van der Waals surface area (Å²) in [4.78, 5) is 4.22. The summed E-state index contributed by atoms with van der Waals surface area (Å²) in [6.07, 6.45) is 11.5. The highest BCUT2D eigenvalue weighted by Gasteiger charge is 2.12. The smallest absolute Gasteiger partial charge is 0.191 e. The topological polar surface area (TPSA) is 49.6 Å². The Kier molecular flexibility index (Phi) is 6.48. The van der Waals surface area contributed by atoms with E-state index >= 15 is 0 Å². The third-order valence-corrected chi connectivity index (χ3v) is 4.04. The molecule has 1 aromatic heterocycles. The second-order valence-electron chi connectivity index (χ2n) is 5.58. The van der Waals surface area contributed by atoms with Crippen molar-refractivity contribution in [1.29, 1.82) is 0 Å². The van der Waals surface area contributed by atoms with Gasteiger partial charge in [0.05, 0.1) is 12.8 Å². The van der Waals surface area contributed by atoms with Crippen molar-refractivity contribution in [3.8, 4) is 0 Å². The summed E-state index contributed by atoms with van der Waals surface area (Å²) >= 11 is 0. The van der Waals surface area contributed by atoms with Crippen LogP contribution in [0.5, 0.6) is 0 Å². The molecule has 2 rings (SSSR count). The Morgan fingerprint density at radius 3 is 2.85 bits per heavy atom. The maximum Gasteiger partial charge on any atom is 0.191 e. The van der Waals surface area contributed by atoms with Crippen LogP contribution in [0.25, 0.3) is 0 Å². The van der Waals surface area contributed by atoms with Crippen molar-refractivity contribution >= 4 is 5.96 Å². The molecule has 1 aliphatic rings. The lowest BCUT2D eigenvalue weighted by atomic mass is 9.86. The minimum absolute atomic E-state index is 0.676. The first kappa shape index (κ1) is 14.9. The van der Waals surface area contributed by atoms with Crippen LogP contribution in [0.4, 0.5) is 0 Å². The lowest BCUT2D eigenvalue weighted by molar-refractivity contribution is 0.332. The van der Waals surface area contributed by atoms with E-state index in [-0.39, 0.29) is 0 Å². The molecule has 0 bridgehead atoms. The van der Waals surface area contributed by atoms with E-state index in [4.69, 9.17) is 4.42 Å². The van der Waals surface area contributed by atoms with Crippen LogP contribution in [0.2, 0.25) is 0 Å². The van der Waals surface area contributed by atoms with Gasteiger partial charge in [0.25, 0.3) is 0 Å². The molecule has 0 saturated heterocycles. The molecular formula is C16H27N3O. The zero-order valence-corrected chi connectivity index (χ0v) is 12.5. The summed E-state index contributed by atoms with van der Waals surface area (Å²) in [6.45, 7) is 1.67. The standard InChI is InChI=1S/C16H27N3O/c1-17-16(19-13-15-10-6-12-20-15)18-11-5-9-14-7-3-2-4-8-14/h6,10,12,14H,2-5,7-9,11,13H2,1H3,(H2,17,18,19). The maximum atomic E-state index is 5.29. The third-order valence-electron chi connectivity index (χ3n) is 4.04. The molecule has 1 saturated carbocycles. The zero-order valence-electron chi connectivity index (χ0n) is 12.5. The van der Waals surface area contributed by atoms with Gasteiger partial charge in [-0.15, -0.1) is 0 Å². The van der Waals surface area contributed by atoms with Gasteiger partial charge in [0.2, 0.25) is 0 Å². The molecular weight excluding hydrogens is 250 g/mol. The summed E-state index contributed by atoms with van der Waals surface area (Å²) in [5, 5.41) is 6.62. The largest absolute Gasteiger partial charge is 0.467 e. The lowest BCUT2D eigenvalue weighted by Gasteiger charge is -2.21. The van der Waals surface area contributed by atoms with Gasteiger partial charge in [-0.1, -0.05) is 32.1 Å². The summed E-state index contributed by atoms with van der Waals surface area (Å²) < 4.78 is 5.29. The van der Waals surface area contributed by atoms with Gasteiger partial charge >= 0.3 is 0 Å². The minimum atomic E-state index is 0.676. The first-order chi connectivity index (χ1) is 9.88. The summed E-state index contributed by atoms with van der Waals surface area (Å²) in [5.41, 5.74) is 0. The van der Waals surface area contributed by atoms with Crippen molar-refractivity contribution in [2.45, 2.75) is 51.5 Å². The summed E-state index contributed by atoms with van der Waals surface area (Å²) in [6, 6.07) is 3.86. The maximum absolute atomic E-state index is 5.29. The van der Waals surface area contributed by atoms with Crippen LogP contribution in [0.3, 0.4) is 0 Å². The Labute approximate surface area is 122 Å². The van der Waals surface area contributed by atoms with Gasteiger partial charge in [-0.3, -0.25) is 4.99 Å². The first-order valence-electron chi connectivity index (χ1n) is 7.85. The van der Waals surface area contributed by atoms with E-state index in [1.54, 1.807) is 13.3 Å². The van der Waals surface area contributed by atoms with Crippen LogP contribution in [-0.4, -0.2) is 19.6 Å². The van der Waals surface area contributed by atoms with Crippen LogP contribution < -0.4 is 10.6 Å². The van der Waals surface area contributed by atoms with Crippen molar-refractivity contribution in [2.75, 3.05) is 13.6 Å². The molecule has 4 nitrogen and oxygen atoms in total. The molecule has 0 unspecified atom stereocenters. The fourth-order valence-corrected chi connectivity index (χ4v) is 2.88. The predicted octanol–water partition coefficient (Wildman–Crippen LogP) is 3.31. The minimum Gasteiger partial charge on any atom is -0.467 e. The van der Waals surface area contributed by atoms with Crippen molar-refractivity contribution in [1.82, 2.24) is 10.6 Å². The number of nitrogens with zero attached hydrogens (tertiary/aromatic N) is 1. The Balaban J connectivity index is 1.56. The highest BCUT2D eigenvalue weighted by atomic mass is 16.3. The fraction of sp³-hybridized carbons (Fsp3) is 0.688. The fourth-order valence-electron chi connectivity index (χ4n) is 2.88. The van der Waals surface area contributed by atoms with Gasteiger partial charge < -0.3 is 15.1 Å². The number of aliphatic imine (C=N–C) groups is 1. The van der Waals surface area contributed by atoms with E-state index in [0.29, 0.717) is 6.54 Å². The molecule has 20 heavy (non-hydrogen) atoms. The van der Waals surface area contributed by atoms with Gasteiger partial charge in [-0.05, 0) is 30.9 Å². The molecule has 1 heterocycles. The van der Waals surface area contributed by atoms with E-state index in [1.807, 2.05) is 12.1 Å². The lowest BCUT2D eigenvalue weighted by Crippen LogP contribution is -2.37. The Hall–Kier alpha value is -1.45. The molecule has 0 radical (unpaired) electrons. The molecule has 112 valence electrons. The SMILES string of the molecule is CN=C(NCCCC1CCCCC1)NCc1ccco1. The first-order valence-corrected chi connectivity index (χ1v) is 7.85. The summed E-state index contributed by atoms with van der Waals surface area (Å²) in [7, 11) is 1.80. The molecule has 1 fully saturated rings. The number of rotatable bonds is 6. The monoisotopic (exact) mass is 277 g/mol. The Bertz CT molecular complexity index is 380. The molecule has 0 atom stereocenters. The number of hydrogen-bond acceptors (Lipinski definition) is 2. The highest BCUT2D eigenvalue weighted by molar-refractivity contribution is 5.79. The Morgan fingerprint density at radius 2 is 2.15 bits per heavy atom. The molecule has 4 heteroatoms. The second kappa shape index (κ2) is 8.67. The molecule has 0 aliphatic heterocycles. The molecule has 0 amide bonds. The van der Waals surface area contributed by atoms with E-state index in [1.165, 1.54) is 44.9 Å². The molecule has 1 aromatic rings. The van der Waals surface area contributed by atoms with Gasteiger partial charge in [0.15, 0.2) is 5.96 Å². The van der Waals surface area contributed by atoms with Gasteiger partial charge in [-0.25, -0.2) is 0 Å². The molecule has 0 aromatic carbocycles. The molecule has 0 spiro atoms. The van der Waals surface area contributed by atoms with Crippen molar-refractivity contribution in [3.05, 3.63) is 24.2 Å². The van der Waals surface area contributed by atoms with Crippen LogP contribution in [-0.2, 0) is 6.54 Å². The van der Waals surface area contributed by atoms with Crippen LogP contribution in [0, 0.1) is 5.92 Å². The average Bonchev–Trinajstić information content (AvgIpc) is 3.01. The third kappa shape index (κ3) is 5.27. The van der Waals surface area contributed by atoms with E-state index in [9.17, 15) is 0 Å². The van der Waals surface area contributed by atoms with Crippen molar-refractivity contribution in [2.24, 2.45) is 10.9 Å². The molecule has 2 N–H and O–H groups in total. The van der Waals surface area contributed by atoms with Crippen molar-refractivity contribution < 1.29 is 4.42 Å². The Morgan fingerprint density at radius 1 is 1.30 bits per heavy atom.